The third-order valence-electron chi connectivity index (χ3n) is 2.47. The average molecular weight is 170 g/mol. The molecule has 0 aromatic rings. The molecule has 0 amide bonds. The summed E-state index contributed by atoms with van der Waals surface area (Å²) in [6.07, 6.45) is 3.25. The van der Waals surface area contributed by atoms with Crippen LogP contribution in [0.2, 0.25) is 0 Å². The highest BCUT2D eigenvalue weighted by Crippen LogP contribution is 2.20. The Morgan fingerprint density at radius 1 is 1.42 bits per heavy atom. The standard InChI is InChI=1S/C11H22O/c1-7-9(3)10(4)12-11(5,6)8-2/h7,9-10H,1,8H2,2-6H3. The molecule has 2 unspecified atom stereocenters. The Labute approximate surface area is 76.8 Å². The molecular formula is C11H22O. The van der Waals surface area contributed by atoms with E-state index in [-0.39, 0.29) is 11.7 Å². The van der Waals surface area contributed by atoms with Crippen molar-refractivity contribution >= 4 is 0 Å². The van der Waals surface area contributed by atoms with E-state index in [4.69, 9.17) is 4.74 Å². The summed E-state index contributed by atoms with van der Waals surface area (Å²) in [5.41, 5.74) is -0.00329. The highest BCUT2D eigenvalue weighted by atomic mass is 16.5. The minimum atomic E-state index is -0.00329. The number of hydrogen-bond donors (Lipinski definition) is 0. The smallest absolute Gasteiger partial charge is 0.0627 e. The molecule has 0 bridgehead atoms. The molecule has 0 aromatic carbocycles. The van der Waals surface area contributed by atoms with Crippen LogP contribution in [0.4, 0.5) is 0 Å². The third kappa shape index (κ3) is 3.91. The van der Waals surface area contributed by atoms with E-state index in [1.165, 1.54) is 0 Å². The van der Waals surface area contributed by atoms with Gasteiger partial charge in [0.2, 0.25) is 0 Å². The lowest BCUT2D eigenvalue weighted by atomic mass is 10.0. The van der Waals surface area contributed by atoms with Crippen molar-refractivity contribution in [2.24, 2.45) is 5.92 Å². The monoisotopic (exact) mass is 170 g/mol. The molecule has 1 nitrogen and oxygen atoms in total. The average Bonchev–Trinajstić information content (AvgIpc) is 2.02. The van der Waals surface area contributed by atoms with Gasteiger partial charge >= 0.3 is 0 Å². The van der Waals surface area contributed by atoms with Crippen LogP contribution in [-0.4, -0.2) is 11.7 Å². The van der Waals surface area contributed by atoms with Crippen molar-refractivity contribution in [1.29, 1.82) is 0 Å². The molecule has 72 valence electrons. The predicted octanol–water partition coefficient (Wildman–Crippen LogP) is 3.40. The van der Waals surface area contributed by atoms with E-state index < -0.39 is 0 Å². The molecule has 0 heterocycles. The first-order chi connectivity index (χ1) is 5.43. The summed E-state index contributed by atoms with van der Waals surface area (Å²) in [5.74, 6) is 0.427. The van der Waals surface area contributed by atoms with Gasteiger partial charge in [-0.3, -0.25) is 0 Å². The number of hydrogen-bond acceptors (Lipinski definition) is 1. The lowest BCUT2D eigenvalue weighted by Crippen LogP contribution is -2.31. The molecule has 2 atom stereocenters. The van der Waals surface area contributed by atoms with Crippen molar-refractivity contribution in [3.8, 4) is 0 Å². The zero-order chi connectivity index (χ0) is 9.78. The van der Waals surface area contributed by atoms with Gasteiger partial charge in [-0.05, 0) is 33.1 Å². The lowest BCUT2D eigenvalue weighted by Gasteiger charge is -2.30. The van der Waals surface area contributed by atoms with Gasteiger partial charge in [-0.25, -0.2) is 0 Å². The van der Waals surface area contributed by atoms with Crippen molar-refractivity contribution < 1.29 is 4.74 Å². The summed E-state index contributed by atoms with van der Waals surface area (Å²) in [6.45, 7) is 14.4. The Bertz CT molecular complexity index is 138. The largest absolute Gasteiger partial charge is 0.372 e. The highest BCUT2D eigenvalue weighted by Gasteiger charge is 2.21. The fourth-order valence-electron chi connectivity index (χ4n) is 0.886. The minimum Gasteiger partial charge on any atom is -0.372 e. The van der Waals surface area contributed by atoms with Crippen LogP contribution in [0, 0.1) is 5.92 Å². The maximum absolute atomic E-state index is 5.87. The summed E-state index contributed by atoms with van der Waals surface area (Å²) in [4.78, 5) is 0. The van der Waals surface area contributed by atoms with Crippen LogP contribution in [0.5, 0.6) is 0 Å². The second kappa shape index (κ2) is 4.66. The summed E-state index contributed by atoms with van der Waals surface area (Å²) in [6, 6.07) is 0. The summed E-state index contributed by atoms with van der Waals surface area (Å²) < 4.78 is 5.87. The first-order valence-electron chi connectivity index (χ1n) is 4.73. The van der Waals surface area contributed by atoms with E-state index in [0.717, 1.165) is 6.42 Å². The van der Waals surface area contributed by atoms with Crippen LogP contribution >= 0.6 is 0 Å². The van der Waals surface area contributed by atoms with Gasteiger partial charge < -0.3 is 4.74 Å². The van der Waals surface area contributed by atoms with Crippen LogP contribution in [0.15, 0.2) is 12.7 Å². The van der Waals surface area contributed by atoms with Crippen LogP contribution in [0.3, 0.4) is 0 Å². The van der Waals surface area contributed by atoms with Gasteiger partial charge in [-0.2, -0.15) is 0 Å². The summed E-state index contributed by atoms with van der Waals surface area (Å²) >= 11 is 0. The minimum absolute atomic E-state index is 0.00329. The van der Waals surface area contributed by atoms with Crippen LogP contribution in [0.1, 0.15) is 41.0 Å². The molecule has 0 aliphatic heterocycles. The molecule has 0 spiro atoms. The zero-order valence-electron chi connectivity index (χ0n) is 9.05. The number of ether oxygens (including phenoxy) is 1. The zero-order valence-corrected chi connectivity index (χ0v) is 9.05. The van der Waals surface area contributed by atoms with Gasteiger partial charge in [-0.1, -0.05) is 19.9 Å². The Balaban J connectivity index is 3.98. The van der Waals surface area contributed by atoms with Gasteiger partial charge in [0.25, 0.3) is 0 Å². The molecular weight excluding hydrogens is 148 g/mol. The fraction of sp³-hybridized carbons (Fsp3) is 0.818. The fourth-order valence-corrected chi connectivity index (χ4v) is 0.886. The van der Waals surface area contributed by atoms with Crippen molar-refractivity contribution in [2.45, 2.75) is 52.7 Å². The Hall–Kier alpha value is -0.300. The molecule has 0 fully saturated rings. The topological polar surface area (TPSA) is 9.23 Å². The van der Waals surface area contributed by atoms with Crippen LogP contribution in [0.25, 0.3) is 0 Å². The molecule has 12 heavy (non-hydrogen) atoms. The molecule has 0 radical (unpaired) electrons. The Kier molecular flexibility index (Phi) is 4.54. The SMILES string of the molecule is C=CC(C)C(C)OC(C)(C)CC. The molecule has 0 aliphatic carbocycles. The van der Waals surface area contributed by atoms with Crippen molar-refractivity contribution in [1.82, 2.24) is 0 Å². The summed E-state index contributed by atoms with van der Waals surface area (Å²) in [7, 11) is 0. The van der Waals surface area contributed by atoms with Crippen molar-refractivity contribution in [3.63, 3.8) is 0 Å². The molecule has 0 saturated heterocycles. The van der Waals surface area contributed by atoms with Gasteiger partial charge in [0.1, 0.15) is 0 Å². The Morgan fingerprint density at radius 3 is 2.25 bits per heavy atom. The van der Waals surface area contributed by atoms with E-state index in [1.807, 2.05) is 6.08 Å². The van der Waals surface area contributed by atoms with Crippen molar-refractivity contribution in [2.75, 3.05) is 0 Å². The van der Waals surface area contributed by atoms with Gasteiger partial charge in [0, 0.05) is 0 Å². The van der Waals surface area contributed by atoms with Gasteiger partial charge in [0.05, 0.1) is 11.7 Å². The molecule has 0 aliphatic rings. The predicted molar refractivity (Wildman–Crippen MR) is 54.3 cm³/mol. The van der Waals surface area contributed by atoms with E-state index in [9.17, 15) is 0 Å². The van der Waals surface area contributed by atoms with Crippen molar-refractivity contribution in [3.05, 3.63) is 12.7 Å². The first kappa shape index (κ1) is 11.7. The lowest BCUT2D eigenvalue weighted by molar-refractivity contribution is -0.0785. The van der Waals surface area contributed by atoms with E-state index >= 15 is 0 Å². The molecule has 0 rings (SSSR count). The van der Waals surface area contributed by atoms with E-state index in [2.05, 4.69) is 41.2 Å². The summed E-state index contributed by atoms with van der Waals surface area (Å²) in [5, 5.41) is 0. The number of rotatable bonds is 5. The maximum Gasteiger partial charge on any atom is 0.0627 e. The van der Waals surface area contributed by atoms with Crippen LogP contribution < -0.4 is 0 Å². The molecule has 0 N–H and O–H groups in total. The van der Waals surface area contributed by atoms with Gasteiger partial charge in [0.15, 0.2) is 0 Å². The molecule has 0 saturated carbocycles. The van der Waals surface area contributed by atoms with Gasteiger partial charge in [-0.15, -0.1) is 6.58 Å². The Morgan fingerprint density at radius 2 is 1.92 bits per heavy atom. The molecule has 1 heteroatoms. The third-order valence-corrected chi connectivity index (χ3v) is 2.47. The van der Waals surface area contributed by atoms with Crippen LogP contribution in [-0.2, 0) is 4.74 Å². The normalized spacial score (nSPS) is 17.1. The maximum atomic E-state index is 5.87. The second-order valence-electron chi connectivity index (χ2n) is 4.03. The molecule has 0 aromatic heterocycles. The van der Waals surface area contributed by atoms with E-state index in [0.29, 0.717) is 5.92 Å². The second-order valence-corrected chi connectivity index (χ2v) is 4.03. The van der Waals surface area contributed by atoms with E-state index in [1.54, 1.807) is 0 Å². The highest BCUT2D eigenvalue weighted by molar-refractivity contribution is 4.81. The quantitative estimate of drug-likeness (QED) is 0.575. The first-order valence-corrected chi connectivity index (χ1v) is 4.73.